The van der Waals surface area contributed by atoms with Crippen LogP contribution in [-0.4, -0.2) is 16.6 Å². The number of para-hydroxylation sites is 1. The summed E-state index contributed by atoms with van der Waals surface area (Å²) in [5, 5.41) is 9.44. The average molecular weight is 240 g/mol. The summed E-state index contributed by atoms with van der Waals surface area (Å²) in [6.45, 7) is 1.03. The van der Waals surface area contributed by atoms with Gasteiger partial charge in [-0.05, 0) is 30.5 Å². The predicted octanol–water partition coefficient (Wildman–Crippen LogP) is 2.66. The van der Waals surface area contributed by atoms with Crippen LogP contribution in [0.15, 0.2) is 42.7 Å². The lowest BCUT2D eigenvalue weighted by Gasteiger charge is -2.32. The van der Waals surface area contributed by atoms with E-state index in [0.717, 1.165) is 30.6 Å². The Bertz CT molecular complexity index is 554. The summed E-state index contributed by atoms with van der Waals surface area (Å²) < 4.78 is 0. The van der Waals surface area contributed by atoms with Gasteiger partial charge in [0.2, 0.25) is 0 Å². The van der Waals surface area contributed by atoms with Crippen molar-refractivity contribution in [2.75, 3.05) is 11.4 Å². The summed E-state index contributed by atoms with van der Waals surface area (Å²) in [4.78, 5) is 6.45. The molecule has 0 radical (unpaired) electrons. The fraction of sp³-hybridized carbons (Fsp3) is 0.267. The maximum atomic E-state index is 9.44. The van der Waals surface area contributed by atoms with Crippen LogP contribution in [0.5, 0.6) is 0 Å². The van der Waals surface area contributed by atoms with Crippen molar-refractivity contribution in [3.05, 3.63) is 53.9 Å². The Hall–Kier alpha value is -1.87. The molecule has 0 aliphatic carbocycles. The Morgan fingerprint density at radius 3 is 2.94 bits per heavy atom. The Morgan fingerprint density at radius 2 is 2.06 bits per heavy atom. The monoisotopic (exact) mass is 240 g/mol. The van der Waals surface area contributed by atoms with E-state index in [1.807, 2.05) is 12.3 Å². The highest BCUT2D eigenvalue weighted by molar-refractivity contribution is 5.69. The maximum Gasteiger partial charge on any atom is 0.0703 e. The van der Waals surface area contributed by atoms with Gasteiger partial charge in [-0.1, -0.05) is 18.2 Å². The summed E-state index contributed by atoms with van der Waals surface area (Å²) in [6.07, 6.45) is 5.83. The SMILES string of the molecule is OCc1ccncc1N1CCCc2ccccc21. The molecule has 0 unspecified atom stereocenters. The van der Waals surface area contributed by atoms with Gasteiger partial charge in [0.25, 0.3) is 0 Å². The first-order valence-electron chi connectivity index (χ1n) is 6.29. The summed E-state index contributed by atoms with van der Waals surface area (Å²) >= 11 is 0. The molecule has 0 saturated heterocycles. The number of aliphatic hydroxyl groups excluding tert-OH is 1. The van der Waals surface area contributed by atoms with Crippen LogP contribution >= 0.6 is 0 Å². The lowest BCUT2D eigenvalue weighted by molar-refractivity contribution is 0.282. The third-order valence-electron chi connectivity index (χ3n) is 3.46. The van der Waals surface area contributed by atoms with Gasteiger partial charge in [0.1, 0.15) is 0 Å². The molecule has 1 aromatic heterocycles. The van der Waals surface area contributed by atoms with Crippen LogP contribution in [0.4, 0.5) is 11.4 Å². The van der Waals surface area contributed by atoms with Gasteiger partial charge in [-0.25, -0.2) is 0 Å². The Balaban J connectivity index is 2.08. The second-order valence-corrected chi connectivity index (χ2v) is 4.55. The van der Waals surface area contributed by atoms with Gasteiger partial charge >= 0.3 is 0 Å². The molecule has 0 bridgehead atoms. The molecule has 92 valence electrons. The zero-order valence-corrected chi connectivity index (χ0v) is 10.2. The largest absolute Gasteiger partial charge is 0.392 e. The molecule has 1 aliphatic rings. The number of nitrogens with zero attached hydrogens (tertiary/aromatic N) is 2. The van der Waals surface area contributed by atoms with E-state index in [0.29, 0.717) is 0 Å². The fourth-order valence-electron chi connectivity index (χ4n) is 2.58. The minimum absolute atomic E-state index is 0.0521. The number of hydrogen-bond acceptors (Lipinski definition) is 3. The van der Waals surface area contributed by atoms with E-state index >= 15 is 0 Å². The number of hydrogen-bond donors (Lipinski definition) is 1. The third kappa shape index (κ3) is 1.87. The van der Waals surface area contributed by atoms with Gasteiger partial charge in [0.15, 0.2) is 0 Å². The van der Waals surface area contributed by atoms with Crippen molar-refractivity contribution >= 4 is 11.4 Å². The zero-order valence-electron chi connectivity index (χ0n) is 10.2. The average Bonchev–Trinajstić information content (AvgIpc) is 2.46. The van der Waals surface area contributed by atoms with Gasteiger partial charge in [-0.15, -0.1) is 0 Å². The lowest BCUT2D eigenvalue weighted by Crippen LogP contribution is -2.25. The minimum Gasteiger partial charge on any atom is -0.392 e. The molecule has 3 rings (SSSR count). The molecule has 0 fully saturated rings. The lowest BCUT2D eigenvalue weighted by atomic mass is 10.0. The van der Waals surface area contributed by atoms with Crippen LogP contribution in [-0.2, 0) is 13.0 Å². The Kier molecular flexibility index (Phi) is 2.99. The van der Waals surface area contributed by atoms with E-state index in [9.17, 15) is 5.11 Å². The van der Waals surface area contributed by atoms with E-state index in [1.165, 1.54) is 11.3 Å². The summed E-state index contributed by atoms with van der Waals surface area (Å²) in [7, 11) is 0. The normalized spacial score (nSPS) is 14.4. The molecule has 2 heterocycles. The highest BCUT2D eigenvalue weighted by atomic mass is 16.3. The molecule has 3 nitrogen and oxygen atoms in total. The number of fused-ring (bicyclic) bond motifs is 1. The van der Waals surface area contributed by atoms with Crippen molar-refractivity contribution in [2.24, 2.45) is 0 Å². The number of anilines is 2. The second kappa shape index (κ2) is 4.78. The molecule has 3 heteroatoms. The van der Waals surface area contributed by atoms with Crippen LogP contribution in [0.2, 0.25) is 0 Å². The quantitative estimate of drug-likeness (QED) is 0.876. The van der Waals surface area contributed by atoms with Gasteiger partial charge in [-0.3, -0.25) is 4.98 Å². The number of rotatable bonds is 2. The molecule has 18 heavy (non-hydrogen) atoms. The summed E-state index contributed by atoms with van der Waals surface area (Å²) in [5.41, 5.74) is 4.57. The molecular weight excluding hydrogens is 224 g/mol. The number of benzene rings is 1. The fourth-order valence-corrected chi connectivity index (χ4v) is 2.58. The number of aliphatic hydroxyl groups is 1. The topological polar surface area (TPSA) is 36.4 Å². The smallest absolute Gasteiger partial charge is 0.0703 e. The first-order chi connectivity index (χ1) is 8.90. The summed E-state index contributed by atoms with van der Waals surface area (Å²) in [6, 6.07) is 10.3. The first-order valence-corrected chi connectivity index (χ1v) is 6.29. The maximum absolute atomic E-state index is 9.44. The van der Waals surface area contributed by atoms with Crippen LogP contribution < -0.4 is 4.90 Å². The number of aromatic nitrogens is 1. The number of pyridine rings is 1. The standard InChI is InChI=1S/C15H16N2O/c18-11-13-7-8-16-10-15(13)17-9-3-5-12-4-1-2-6-14(12)17/h1-2,4,6-8,10,18H,3,5,9,11H2. The Morgan fingerprint density at radius 1 is 1.17 bits per heavy atom. The molecule has 0 atom stereocenters. The van der Waals surface area contributed by atoms with Gasteiger partial charge in [-0.2, -0.15) is 0 Å². The highest BCUT2D eigenvalue weighted by Gasteiger charge is 2.19. The molecule has 0 saturated carbocycles. The minimum atomic E-state index is 0.0521. The zero-order chi connectivity index (χ0) is 12.4. The second-order valence-electron chi connectivity index (χ2n) is 4.55. The van der Waals surface area contributed by atoms with Gasteiger partial charge in [0.05, 0.1) is 18.5 Å². The van der Waals surface area contributed by atoms with E-state index in [4.69, 9.17) is 0 Å². The molecular formula is C15H16N2O. The van der Waals surface area contributed by atoms with E-state index in [2.05, 4.69) is 34.1 Å². The number of aryl methyl sites for hydroxylation is 1. The molecule has 2 aromatic rings. The third-order valence-corrected chi connectivity index (χ3v) is 3.46. The first kappa shape index (κ1) is 11.2. The highest BCUT2D eigenvalue weighted by Crippen LogP contribution is 2.34. The van der Waals surface area contributed by atoms with Crippen LogP contribution in [0.1, 0.15) is 17.5 Å². The van der Waals surface area contributed by atoms with E-state index in [1.54, 1.807) is 6.20 Å². The van der Waals surface area contributed by atoms with E-state index < -0.39 is 0 Å². The van der Waals surface area contributed by atoms with Crippen LogP contribution in [0.3, 0.4) is 0 Å². The molecule has 1 aliphatic heterocycles. The summed E-state index contributed by atoms with van der Waals surface area (Å²) in [5.74, 6) is 0. The molecule has 1 aromatic carbocycles. The van der Waals surface area contributed by atoms with Crippen LogP contribution in [0, 0.1) is 0 Å². The predicted molar refractivity (Wildman–Crippen MR) is 71.9 cm³/mol. The van der Waals surface area contributed by atoms with Crippen LogP contribution in [0.25, 0.3) is 0 Å². The van der Waals surface area contributed by atoms with Crippen molar-refractivity contribution in [1.29, 1.82) is 0 Å². The van der Waals surface area contributed by atoms with E-state index in [-0.39, 0.29) is 6.61 Å². The van der Waals surface area contributed by atoms with Crippen molar-refractivity contribution in [3.8, 4) is 0 Å². The van der Waals surface area contributed by atoms with Crippen molar-refractivity contribution in [1.82, 2.24) is 4.98 Å². The van der Waals surface area contributed by atoms with Gasteiger partial charge < -0.3 is 10.0 Å². The molecule has 0 amide bonds. The van der Waals surface area contributed by atoms with Crippen molar-refractivity contribution in [2.45, 2.75) is 19.4 Å². The van der Waals surface area contributed by atoms with Gasteiger partial charge in [0, 0.05) is 24.0 Å². The molecule has 1 N–H and O–H groups in total. The molecule has 0 spiro atoms. The van der Waals surface area contributed by atoms with Crippen molar-refractivity contribution in [3.63, 3.8) is 0 Å². The van der Waals surface area contributed by atoms with Crippen molar-refractivity contribution < 1.29 is 5.11 Å². The Labute approximate surface area is 107 Å².